The Morgan fingerprint density at radius 1 is 1.17 bits per heavy atom. The molecule has 0 saturated heterocycles. The van der Waals surface area contributed by atoms with E-state index in [1.807, 2.05) is 36.1 Å². The van der Waals surface area contributed by atoms with Crippen LogP contribution in [0.1, 0.15) is 24.6 Å². The van der Waals surface area contributed by atoms with Crippen LogP contribution in [0.3, 0.4) is 0 Å². The summed E-state index contributed by atoms with van der Waals surface area (Å²) in [6, 6.07) is 12.0. The molecule has 0 spiro atoms. The molecule has 0 aliphatic heterocycles. The lowest BCUT2D eigenvalue weighted by Crippen LogP contribution is -2.38. The zero-order valence-corrected chi connectivity index (χ0v) is 14.8. The molecule has 4 nitrogen and oxygen atoms in total. The molecule has 1 aromatic heterocycles. The minimum absolute atomic E-state index is 0.0722. The van der Waals surface area contributed by atoms with E-state index >= 15 is 0 Å². The predicted octanol–water partition coefficient (Wildman–Crippen LogP) is 3.76. The van der Waals surface area contributed by atoms with Gasteiger partial charge in [-0.2, -0.15) is 0 Å². The van der Waals surface area contributed by atoms with E-state index in [-0.39, 0.29) is 12.5 Å². The molecule has 3 rings (SSSR count). The summed E-state index contributed by atoms with van der Waals surface area (Å²) >= 11 is 1.74. The number of hydrogen-bond acceptors (Lipinski definition) is 4. The normalized spacial score (nSPS) is 13.5. The van der Waals surface area contributed by atoms with Crippen molar-refractivity contribution in [2.75, 3.05) is 19.8 Å². The lowest BCUT2D eigenvalue weighted by Gasteiger charge is -2.22. The van der Waals surface area contributed by atoms with Crippen LogP contribution in [0.15, 0.2) is 41.8 Å². The van der Waals surface area contributed by atoms with Crippen molar-refractivity contribution < 1.29 is 14.3 Å². The molecule has 0 atom stereocenters. The van der Waals surface area contributed by atoms with E-state index in [2.05, 4.69) is 17.5 Å². The van der Waals surface area contributed by atoms with Crippen LogP contribution < -0.4 is 9.47 Å². The largest absolute Gasteiger partial charge is 0.494 e. The molecule has 0 N–H and O–H groups in total. The number of carbonyl (C=O) groups excluding carboxylic acids is 1. The standard InChI is InChI=1S/C19H23NO3S/c1-2-22-16-7-9-17(10-8-16)23-14-19(21)20(15-5-6-15)12-11-18-4-3-13-24-18/h3-4,7-10,13,15H,2,5-6,11-12,14H2,1H3. The Hall–Kier alpha value is -2.01. The van der Waals surface area contributed by atoms with E-state index in [0.717, 1.165) is 31.6 Å². The van der Waals surface area contributed by atoms with Crippen molar-refractivity contribution in [3.8, 4) is 11.5 Å². The molecule has 1 aliphatic carbocycles. The SMILES string of the molecule is CCOc1ccc(OCC(=O)N(CCc2cccs2)C2CC2)cc1. The van der Waals surface area contributed by atoms with E-state index in [9.17, 15) is 4.79 Å². The molecule has 5 heteroatoms. The third kappa shape index (κ3) is 4.74. The van der Waals surface area contributed by atoms with Gasteiger partial charge in [0.25, 0.3) is 5.91 Å². The molecule has 24 heavy (non-hydrogen) atoms. The van der Waals surface area contributed by atoms with Crippen LogP contribution >= 0.6 is 11.3 Å². The summed E-state index contributed by atoms with van der Waals surface area (Å²) in [4.78, 5) is 15.8. The highest BCUT2D eigenvalue weighted by Gasteiger charge is 2.32. The predicted molar refractivity (Wildman–Crippen MR) is 95.9 cm³/mol. The van der Waals surface area contributed by atoms with E-state index in [1.54, 1.807) is 11.3 Å². The van der Waals surface area contributed by atoms with E-state index in [1.165, 1.54) is 4.88 Å². The summed E-state index contributed by atoms with van der Waals surface area (Å²) in [5.41, 5.74) is 0. The number of hydrogen-bond donors (Lipinski definition) is 0. The minimum atomic E-state index is 0.0722. The quantitative estimate of drug-likeness (QED) is 0.695. The highest BCUT2D eigenvalue weighted by molar-refractivity contribution is 7.09. The van der Waals surface area contributed by atoms with Crippen LogP contribution in [0.4, 0.5) is 0 Å². The van der Waals surface area contributed by atoms with Crippen LogP contribution in [-0.4, -0.2) is 36.6 Å². The first-order valence-corrected chi connectivity index (χ1v) is 9.31. The van der Waals surface area contributed by atoms with Gasteiger partial charge >= 0.3 is 0 Å². The molecule has 0 unspecified atom stereocenters. The Labute approximate surface area is 147 Å². The summed E-state index contributed by atoms with van der Waals surface area (Å²) in [6.07, 6.45) is 3.14. The van der Waals surface area contributed by atoms with Gasteiger partial charge in [0, 0.05) is 17.5 Å². The van der Waals surface area contributed by atoms with Gasteiger partial charge in [0.1, 0.15) is 11.5 Å². The summed E-state index contributed by atoms with van der Waals surface area (Å²) in [5, 5.41) is 2.08. The Morgan fingerprint density at radius 2 is 1.88 bits per heavy atom. The third-order valence-electron chi connectivity index (χ3n) is 3.98. The second kappa shape index (κ2) is 8.20. The Morgan fingerprint density at radius 3 is 2.46 bits per heavy atom. The maximum Gasteiger partial charge on any atom is 0.260 e. The van der Waals surface area contributed by atoms with Crippen LogP contribution in [0.5, 0.6) is 11.5 Å². The second-order valence-corrected chi connectivity index (χ2v) is 6.87. The zero-order chi connectivity index (χ0) is 16.8. The maximum atomic E-state index is 12.5. The van der Waals surface area contributed by atoms with Crippen LogP contribution in [0.25, 0.3) is 0 Å². The fraction of sp³-hybridized carbons (Fsp3) is 0.421. The van der Waals surface area contributed by atoms with E-state index in [4.69, 9.17) is 9.47 Å². The smallest absolute Gasteiger partial charge is 0.260 e. The number of benzene rings is 1. The van der Waals surface area contributed by atoms with Gasteiger partial charge in [-0.25, -0.2) is 0 Å². The highest BCUT2D eigenvalue weighted by Crippen LogP contribution is 2.27. The van der Waals surface area contributed by atoms with Gasteiger partial charge in [0.05, 0.1) is 6.61 Å². The molecule has 1 aliphatic rings. The van der Waals surface area contributed by atoms with Gasteiger partial charge in [0.15, 0.2) is 6.61 Å². The van der Waals surface area contributed by atoms with Crippen molar-refractivity contribution >= 4 is 17.2 Å². The van der Waals surface area contributed by atoms with Crippen molar-refractivity contribution in [1.82, 2.24) is 4.90 Å². The van der Waals surface area contributed by atoms with Crippen molar-refractivity contribution in [2.24, 2.45) is 0 Å². The van der Waals surface area contributed by atoms with Gasteiger partial charge in [0.2, 0.25) is 0 Å². The van der Waals surface area contributed by atoms with Crippen molar-refractivity contribution in [1.29, 1.82) is 0 Å². The molecule has 1 aromatic carbocycles. The van der Waals surface area contributed by atoms with Gasteiger partial charge < -0.3 is 14.4 Å². The third-order valence-corrected chi connectivity index (χ3v) is 4.92. The molecule has 0 radical (unpaired) electrons. The average Bonchev–Trinajstić information content (AvgIpc) is 3.29. The van der Waals surface area contributed by atoms with Gasteiger partial charge in [-0.05, 0) is 61.9 Å². The number of ether oxygens (including phenoxy) is 2. The Kier molecular flexibility index (Phi) is 5.75. The fourth-order valence-corrected chi connectivity index (χ4v) is 3.31. The summed E-state index contributed by atoms with van der Waals surface area (Å²) in [6.45, 7) is 3.45. The number of thiophene rings is 1. The second-order valence-electron chi connectivity index (χ2n) is 5.84. The van der Waals surface area contributed by atoms with Gasteiger partial charge in [-0.3, -0.25) is 4.79 Å². The topological polar surface area (TPSA) is 38.8 Å². The lowest BCUT2D eigenvalue weighted by atomic mass is 10.3. The Bertz CT molecular complexity index is 635. The monoisotopic (exact) mass is 345 g/mol. The van der Waals surface area contributed by atoms with Crippen LogP contribution in [0.2, 0.25) is 0 Å². The molecule has 1 saturated carbocycles. The average molecular weight is 345 g/mol. The number of nitrogens with zero attached hydrogens (tertiary/aromatic N) is 1. The Balaban J connectivity index is 1.49. The fourth-order valence-electron chi connectivity index (χ4n) is 2.61. The molecule has 1 fully saturated rings. The first-order chi connectivity index (χ1) is 11.8. The molecule has 1 heterocycles. The first-order valence-electron chi connectivity index (χ1n) is 8.44. The van der Waals surface area contributed by atoms with Crippen molar-refractivity contribution in [2.45, 2.75) is 32.2 Å². The molecular formula is C19H23NO3S. The zero-order valence-electron chi connectivity index (χ0n) is 13.9. The van der Waals surface area contributed by atoms with Crippen LogP contribution in [0, 0.1) is 0 Å². The number of carbonyl (C=O) groups is 1. The van der Waals surface area contributed by atoms with Gasteiger partial charge in [-0.15, -0.1) is 11.3 Å². The molecule has 128 valence electrons. The maximum absolute atomic E-state index is 12.5. The summed E-state index contributed by atoms with van der Waals surface area (Å²) in [5.74, 6) is 1.58. The lowest BCUT2D eigenvalue weighted by molar-refractivity contribution is -0.133. The molecular weight excluding hydrogens is 322 g/mol. The number of rotatable bonds is 9. The molecule has 2 aromatic rings. The summed E-state index contributed by atoms with van der Waals surface area (Å²) < 4.78 is 11.1. The number of amides is 1. The van der Waals surface area contributed by atoms with Crippen molar-refractivity contribution in [3.05, 3.63) is 46.7 Å². The molecule has 1 amide bonds. The molecule has 0 bridgehead atoms. The summed E-state index contributed by atoms with van der Waals surface area (Å²) in [7, 11) is 0. The first kappa shape index (κ1) is 16.8. The van der Waals surface area contributed by atoms with E-state index < -0.39 is 0 Å². The van der Waals surface area contributed by atoms with Crippen molar-refractivity contribution in [3.63, 3.8) is 0 Å². The highest BCUT2D eigenvalue weighted by atomic mass is 32.1. The van der Waals surface area contributed by atoms with E-state index in [0.29, 0.717) is 18.4 Å². The van der Waals surface area contributed by atoms with Gasteiger partial charge in [-0.1, -0.05) is 6.07 Å². The van der Waals surface area contributed by atoms with Crippen LogP contribution in [-0.2, 0) is 11.2 Å². The minimum Gasteiger partial charge on any atom is -0.494 e.